The molecule has 6 nitrogen and oxygen atoms in total. The zero-order valence-electron chi connectivity index (χ0n) is 14.3. The van der Waals surface area contributed by atoms with E-state index in [4.69, 9.17) is 9.26 Å². The zero-order chi connectivity index (χ0) is 17.1. The Bertz CT molecular complexity index is 710. The predicted molar refractivity (Wildman–Crippen MR) is 91.6 cm³/mol. The Morgan fingerprint density at radius 1 is 1.12 bits per heavy atom. The predicted octanol–water partition coefficient (Wildman–Crippen LogP) is 3.22. The molecule has 0 N–H and O–H groups in total. The Balaban J connectivity index is 1.44. The number of hydrogen-bond donors (Lipinski definition) is 0. The quantitative estimate of drug-likeness (QED) is 0.857. The highest BCUT2D eigenvalue weighted by molar-refractivity contribution is 5.79. The van der Waals surface area contributed by atoms with Crippen LogP contribution in [-0.2, 0) is 9.53 Å². The van der Waals surface area contributed by atoms with Crippen LogP contribution in [0.2, 0.25) is 0 Å². The van der Waals surface area contributed by atoms with Crippen LogP contribution in [0.5, 0.6) is 0 Å². The first-order valence-corrected chi connectivity index (χ1v) is 9.10. The van der Waals surface area contributed by atoms with E-state index in [1.807, 2.05) is 35.2 Å². The van der Waals surface area contributed by atoms with Gasteiger partial charge in [0.15, 0.2) is 6.10 Å². The van der Waals surface area contributed by atoms with E-state index in [2.05, 4.69) is 10.1 Å². The molecule has 1 saturated carbocycles. The SMILES string of the molecule is O=C(C1CCCCC1)N1CCOC(c2nc(-c3ccccc3)no2)C1. The lowest BCUT2D eigenvalue weighted by Gasteiger charge is -2.34. The molecule has 2 fully saturated rings. The van der Waals surface area contributed by atoms with Crippen molar-refractivity contribution in [1.29, 1.82) is 0 Å². The number of benzene rings is 1. The van der Waals surface area contributed by atoms with Crippen molar-refractivity contribution in [2.24, 2.45) is 5.92 Å². The van der Waals surface area contributed by atoms with Crippen molar-refractivity contribution in [3.8, 4) is 11.4 Å². The van der Waals surface area contributed by atoms with E-state index in [1.54, 1.807) is 0 Å². The Kier molecular flexibility index (Phi) is 4.78. The molecule has 1 amide bonds. The molecule has 1 unspecified atom stereocenters. The largest absolute Gasteiger partial charge is 0.365 e. The number of hydrogen-bond acceptors (Lipinski definition) is 5. The zero-order valence-corrected chi connectivity index (χ0v) is 14.3. The second-order valence-corrected chi connectivity index (χ2v) is 6.80. The van der Waals surface area contributed by atoms with Crippen LogP contribution >= 0.6 is 0 Å². The average Bonchev–Trinajstić information content (AvgIpc) is 3.19. The summed E-state index contributed by atoms with van der Waals surface area (Å²) < 4.78 is 11.2. The summed E-state index contributed by atoms with van der Waals surface area (Å²) in [6.07, 6.45) is 5.26. The molecule has 1 aliphatic heterocycles. The summed E-state index contributed by atoms with van der Waals surface area (Å²) in [7, 11) is 0. The van der Waals surface area contributed by atoms with Crippen molar-refractivity contribution in [3.05, 3.63) is 36.2 Å². The number of aromatic nitrogens is 2. The van der Waals surface area contributed by atoms with Gasteiger partial charge in [-0.05, 0) is 12.8 Å². The van der Waals surface area contributed by atoms with Crippen LogP contribution in [-0.4, -0.2) is 40.6 Å². The number of amides is 1. The van der Waals surface area contributed by atoms with Gasteiger partial charge in [0.25, 0.3) is 5.89 Å². The van der Waals surface area contributed by atoms with Crippen molar-refractivity contribution in [2.45, 2.75) is 38.2 Å². The molecular formula is C19H23N3O3. The topological polar surface area (TPSA) is 68.5 Å². The molecule has 132 valence electrons. The maximum Gasteiger partial charge on any atom is 0.257 e. The second-order valence-electron chi connectivity index (χ2n) is 6.80. The van der Waals surface area contributed by atoms with Crippen LogP contribution in [0.15, 0.2) is 34.9 Å². The smallest absolute Gasteiger partial charge is 0.257 e. The van der Waals surface area contributed by atoms with Crippen molar-refractivity contribution in [2.75, 3.05) is 19.7 Å². The monoisotopic (exact) mass is 341 g/mol. The Hall–Kier alpha value is -2.21. The number of carbonyl (C=O) groups excluding carboxylic acids is 1. The number of ether oxygens (including phenoxy) is 1. The molecule has 1 atom stereocenters. The van der Waals surface area contributed by atoms with E-state index in [1.165, 1.54) is 6.42 Å². The van der Waals surface area contributed by atoms with Gasteiger partial charge < -0.3 is 14.2 Å². The van der Waals surface area contributed by atoms with Crippen molar-refractivity contribution < 1.29 is 14.1 Å². The summed E-state index contributed by atoms with van der Waals surface area (Å²) in [6, 6.07) is 9.70. The molecule has 6 heteroatoms. The van der Waals surface area contributed by atoms with Crippen LogP contribution in [0.4, 0.5) is 0 Å². The standard InChI is InChI=1S/C19H23N3O3/c23-19(15-9-5-2-6-10-15)22-11-12-24-16(13-22)18-20-17(21-25-18)14-7-3-1-4-8-14/h1,3-4,7-8,15-16H,2,5-6,9-13H2. The van der Waals surface area contributed by atoms with Crippen LogP contribution in [0.3, 0.4) is 0 Å². The van der Waals surface area contributed by atoms with E-state index in [0.717, 1.165) is 31.2 Å². The number of morpholine rings is 1. The molecule has 0 spiro atoms. The molecule has 4 rings (SSSR count). The maximum atomic E-state index is 12.8. The molecule has 2 aromatic rings. The minimum atomic E-state index is -0.341. The minimum Gasteiger partial charge on any atom is -0.365 e. The van der Waals surface area contributed by atoms with Crippen LogP contribution in [0.25, 0.3) is 11.4 Å². The molecule has 2 heterocycles. The lowest BCUT2D eigenvalue weighted by Crippen LogP contribution is -2.45. The van der Waals surface area contributed by atoms with Gasteiger partial charge in [0.1, 0.15) is 0 Å². The third-order valence-electron chi connectivity index (χ3n) is 5.08. The van der Waals surface area contributed by atoms with E-state index in [-0.39, 0.29) is 17.9 Å². The molecule has 1 saturated heterocycles. The van der Waals surface area contributed by atoms with Crippen LogP contribution in [0, 0.1) is 5.92 Å². The van der Waals surface area contributed by atoms with Crippen molar-refractivity contribution in [3.63, 3.8) is 0 Å². The first-order chi connectivity index (χ1) is 12.3. The summed E-state index contributed by atoms with van der Waals surface area (Å²) in [5.41, 5.74) is 0.906. The summed E-state index contributed by atoms with van der Waals surface area (Å²) in [5.74, 6) is 1.43. The summed E-state index contributed by atoms with van der Waals surface area (Å²) in [4.78, 5) is 19.1. The highest BCUT2D eigenvalue weighted by Gasteiger charge is 2.33. The normalized spacial score (nSPS) is 22.1. The van der Waals surface area contributed by atoms with Gasteiger partial charge in [-0.3, -0.25) is 4.79 Å². The van der Waals surface area contributed by atoms with E-state index in [0.29, 0.717) is 31.4 Å². The minimum absolute atomic E-state index is 0.176. The molecule has 0 radical (unpaired) electrons. The molecule has 1 aliphatic carbocycles. The molecule has 1 aromatic heterocycles. The molecule has 1 aromatic carbocycles. The summed E-state index contributed by atoms with van der Waals surface area (Å²) in [5, 5.41) is 4.05. The van der Waals surface area contributed by atoms with Crippen LogP contribution < -0.4 is 0 Å². The highest BCUT2D eigenvalue weighted by Crippen LogP contribution is 2.29. The third kappa shape index (κ3) is 3.58. The summed E-state index contributed by atoms with van der Waals surface area (Å²) in [6.45, 7) is 1.64. The van der Waals surface area contributed by atoms with Crippen molar-refractivity contribution >= 4 is 5.91 Å². The number of rotatable bonds is 3. The molecule has 2 aliphatic rings. The van der Waals surface area contributed by atoms with E-state index in [9.17, 15) is 4.79 Å². The Labute approximate surface area is 147 Å². The van der Waals surface area contributed by atoms with Gasteiger partial charge in [-0.1, -0.05) is 54.8 Å². The first-order valence-electron chi connectivity index (χ1n) is 9.10. The average molecular weight is 341 g/mol. The van der Waals surface area contributed by atoms with E-state index < -0.39 is 0 Å². The Morgan fingerprint density at radius 3 is 2.72 bits per heavy atom. The number of carbonyl (C=O) groups is 1. The third-order valence-corrected chi connectivity index (χ3v) is 5.08. The van der Waals surface area contributed by atoms with Crippen molar-refractivity contribution in [1.82, 2.24) is 15.0 Å². The molecule has 25 heavy (non-hydrogen) atoms. The fourth-order valence-corrected chi connectivity index (χ4v) is 3.68. The van der Waals surface area contributed by atoms with E-state index >= 15 is 0 Å². The van der Waals surface area contributed by atoms with Gasteiger partial charge >= 0.3 is 0 Å². The second kappa shape index (κ2) is 7.35. The first kappa shape index (κ1) is 16.3. The van der Waals surface area contributed by atoms with Gasteiger partial charge in [0.05, 0.1) is 13.2 Å². The fraction of sp³-hybridized carbons (Fsp3) is 0.526. The summed E-state index contributed by atoms with van der Waals surface area (Å²) >= 11 is 0. The fourth-order valence-electron chi connectivity index (χ4n) is 3.68. The van der Waals surface area contributed by atoms with Gasteiger partial charge in [-0.15, -0.1) is 0 Å². The van der Waals surface area contributed by atoms with Crippen LogP contribution in [0.1, 0.15) is 44.1 Å². The van der Waals surface area contributed by atoms with Gasteiger partial charge in [-0.2, -0.15) is 4.98 Å². The highest BCUT2D eigenvalue weighted by atomic mass is 16.5. The maximum absolute atomic E-state index is 12.8. The Morgan fingerprint density at radius 2 is 1.92 bits per heavy atom. The number of nitrogens with zero attached hydrogens (tertiary/aromatic N) is 3. The lowest BCUT2D eigenvalue weighted by molar-refractivity contribution is -0.145. The van der Waals surface area contributed by atoms with Gasteiger partial charge in [0.2, 0.25) is 11.7 Å². The molecule has 0 bridgehead atoms. The lowest BCUT2D eigenvalue weighted by atomic mass is 9.88. The van der Waals surface area contributed by atoms with Gasteiger partial charge in [-0.25, -0.2) is 0 Å². The molecular weight excluding hydrogens is 318 g/mol. The van der Waals surface area contributed by atoms with Gasteiger partial charge in [0, 0.05) is 18.0 Å².